The predicted octanol–water partition coefficient (Wildman–Crippen LogP) is 1.98. The average molecular weight is 367 g/mol. The molecular weight excluding hydrogens is 360 g/mol. The quantitative estimate of drug-likeness (QED) is 0.365. The molecule has 1 atom stereocenters. The van der Waals surface area contributed by atoms with Gasteiger partial charge in [-0.2, -0.15) is 30.4 Å². The van der Waals surface area contributed by atoms with Crippen LogP contribution >= 0.6 is 0 Å². The molecule has 0 saturated heterocycles. The topological polar surface area (TPSA) is 107 Å². The van der Waals surface area contributed by atoms with Gasteiger partial charge in [-0.25, -0.2) is 9.18 Å². The van der Waals surface area contributed by atoms with Gasteiger partial charge in [0.2, 0.25) is 0 Å². The van der Waals surface area contributed by atoms with Gasteiger partial charge in [0.05, 0.1) is 0 Å². The van der Waals surface area contributed by atoms with Crippen LogP contribution in [0.3, 0.4) is 0 Å². The highest BCUT2D eigenvalue weighted by Gasteiger charge is 2.66. The van der Waals surface area contributed by atoms with Gasteiger partial charge in [0.1, 0.15) is 11.4 Å². The smallest absolute Gasteiger partial charge is 0.432 e. The van der Waals surface area contributed by atoms with E-state index >= 15 is 0 Å². The van der Waals surface area contributed by atoms with E-state index in [1.54, 1.807) is 0 Å². The maximum atomic E-state index is 13.4. The first-order valence-corrected chi connectivity index (χ1v) is 6.80. The molecule has 1 unspecified atom stereocenters. The number of nitrogens with two attached hydrogens (primary N) is 1. The normalized spacial score (nSPS) is 14.4. The Kier molecular flexibility index (Phi) is 4.87. The Balaban J connectivity index is 3.31. The highest BCUT2D eigenvalue weighted by atomic mass is 32.2. The molecule has 13 heteroatoms. The second kappa shape index (κ2) is 5.88. The highest BCUT2D eigenvalue weighted by molar-refractivity contribution is 7.86. The van der Waals surface area contributed by atoms with Gasteiger partial charge in [0.25, 0.3) is 6.10 Å². The zero-order chi connectivity index (χ0) is 18.2. The summed E-state index contributed by atoms with van der Waals surface area (Å²) >= 11 is 0. The standard InChI is InChI=1S/C10H7F6NO5S/c11-4-2-1-3-5(17)6(4)7(18)22-8(9(12,13)14)10(15,16)23(19,20)21/h1-3,8H,17H2,(H,19,20,21). The summed E-state index contributed by atoms with van der Waals surface area (Å²) in [5.74, 6) is -3.77. The van der Waals surface area contributed by atoms with Crippen LogP contribution in [0.5, 0.6) is 0 Å². The second-order valence-electron chi connectivity index (χ2n) is 4.07. The molecule has 0 heterocycles. The van der Waals surface area contributed by atoms with E-state index in [4.69, 9.17) is 10.3 Å². The predicted molar refractivity (Wildman–Crippen MR) is 62.6 cm³/mol. The summed E-state index contributed by atoms with van der Waals surface area (Å²) in [7, 11) is -6.59. The van der Waals surface area contributed by atoms with Crippen molar-refractivity contribution in [2.75, 3.05) is 5.73 Å². The van der Waals surface area contributed by atoms with E-state index in [2.05, 4.69) is 4.74 Å². The number of carbonyl (C=O) groups excluding carboxylic acids is 1. The lowest BCUT2D eigenvalue weighted by Crippen LogP contribution is -2.52. The Morgan fingerprint density at radius 3 is 2.13 bits per heavy atom. The van der Waals surface area contributed by atoms with Crippen LogP contribution in [0.1, 0.15) is 10.4 Å². The maximum absolute atomic E-state index is 13.4. The number of esters is 1. The minimum Gasteiger partial charge on any atom is -0.441 e. The molecule has 0 spiro atoms. The van der Waals surface area contributed by atoms with Gasteiger partial charge in [0.15, 0.2) is 0 Å². The molecule has 0 amide bonds. The van der Waals surface area contributed by atoms with Crippen LogP contribution < -0.4 is 5.73 Å². The van der Waals surface area contributed by atoms with Gasteiger partial charge in [-0.15, -0.1) is 0 Å². The summed E-state index contributed by atoms with van der Waals surface area (Å²) in [6.45, 7) is 0. The van der Waals surface area contributed by atoms with Crippen molar-refractivity contribution in [1.82, 2.24) is 0 Å². The van der Waals surface area contributed by atoms with E-state index in [0.717, 1.165) is 12.1 Å². The molecule has 0 saturated carbocycles. The Hall–Kier alpha value is -2.02. The summed E-state index contributed by atoms with van der Waals surface area (Å²) in [5.41, 5.74) is 3.10. The summed E-state index contributed by atoms with van der Waals surface area (Å²) in [6.07, 6.45) is -10.7. The lowest BCUT2D eigenvalue weighted by molar-refractivity contribution is -0.248. The third-order valence-corrected chi connectivity index (χ3v) is 3.32. The molecule has 0 aliphatic heterocycles. The van der Waals surface area contributed by atoms with E-state index in [9.17, 15) is 39.6 Å². The van der Waals surface area contributed by atoms with Crippen LogP contribution in [0.2, 0.25) is 0 Å². The van der Waals surface area contributed by atoms with Crippen LogP contribution in [-0.4, -0.2) is 36.5 Å². The molecule has 0 aliphatic carbocycles. The highest BCUT2D eigenvalue weighted by Crippen LogP contribution is 2.38. The minimum absolute atomic E-state index is 0.580. The summed E-state index contributed by atoms with van der Waals surface area (Å²) in [5, 5.41) is -5.92. The molecule has 0 aromatic heterocycles. The van der Waals surface area contributed by atoms with Gasteiger partial charge >= 0.3 is 27.5 Å². The molecule has 1 aromatic rings. The number of halogens is 6. The lowest BCUT2D eigenvalue weighted by Gasteiger charge is -2.26. The van der Waals surface area contributed by atoms with Crippen molar-refractivity contribution in [3.05, 3.63) is 29.6 Å². The first-order valence-electron chi connectivity index (χ1n) is 5.36. The first kappa shape index (κ1) is 19.0. The molecular formula is C10H7F6NO5S. The van der Waals surface area contributed by atoms with Gasteiger partial charge < -0.3 is 10.5 Å². The molecule has 3 N–H and O–H groups in total. The molecule has 0 fully saturated rings. The van der Waals surface area contributed by atoms with E-state index in [1.807, 2.05) is 0 Å². The largest absolute Gasteiger partial charge is 0.441 e. The molecule has 0 bridgehead atoms. The monoisotopic (exact) mass is 367 g/mol. The third kappa shape index (κ3) is 3.85. The third-order valence-electron chi connectivity index (χ3n) is 2.42. The van der Waals surface area contributed by atoms with Crippen LogP contribution in [0.25, 0.3) is 0 Å². The van der Waals surface area contributed by atoms with Gasteiger partial charge in [0, 0.05) is 5.69 Å². The number of alkyl halides is 5. The molecule has 0 radical (unpaired) electrons. The Bertz CT molecular complexity index is 697. The van der Waals surface area contributed by atoms with Crippen molar-refractivity contribution in [3.63, 3.8) is 0 Å². The zero-order valence-corrected chi connectivity index (χ0v) is 11.5. The van der Waals surface area contributed by atoms with Gasteiger partial charge in [-0.05, 0) is 12.1 Å². The summed E-state index contributed by atoms with van der Waals surface area (Å²) in [4.78, 5) is 11.5. The fraction of sp³-hybridized carbons (Fsp3) is 0.300. The Labute approximate surface area is 124 Å². The van der Waals surface area contributed by atoms with E-state index in [0.29, 0.717) is 6.07 Å². The van der Waals surface area contributed by atoms with Crippen molar-refractivity contribution in [2.24, 2.45) is 0 Å². The van der Waals surface area contributed by atoms with Crippen molar-refractivity contribution in [3.8, 4) is 0 Å². The molecule has 130 valence electrons. The lowest BCUT2D eigenvalue weighted by atomic mass is 10.1. The van der Waals surface area contributed by atoms with Crippen LogP contribution in [0, 0.1) is 5.82 Å². The molecule has 23 heavy (non-hydrogen) atoms. The van der Waals surface area contributed by atoms with E-state index in [1.165, 1.54) is 0 Å². The van der Waals surface area contributed by atoms with Gasteiger partial charge in [-0.1, -0.05) is 6.07 Å². The Morgan fingerprint density at radius 1 is 1.22 bits per heavy atom. The van der Waals surface area contributed by atoms with Crippen LogP contribution in [-0.2, 0) is 14.9 Å². The maximum Gasteiger partial charge on any atom is 0.432 e. The number of carbonyl (C=O) groups is 1. The molecule has 0 aliphatic rings. The number of ether oxygens (including phenoxy) is 1. The SMILES string of the molecule is Nc1cccc(F)c1C(=O)OC(C(F)(F)F)C(F)(F)S(=O)(=O)O. The second-order valence-corrected chi connectivity index (χ2v) is 5.56. The number of hydrogen-bond acceptors (Lipinski definition) is 5. The summed E-state index contributed by atoms with van der Waals surface area (Å²) < 4.78 is 110. The van der Waals surface area contributed by atoms with E-state index < -0.39 is 50.7 Å². The fourth-order valence-corrected chi connectivity index (χ4v) is 1.84. The zero-order valence-electron chi connectivity index (χ0n) is 10.6. The van der Waals surface area contributed by atoms with Crippen molar-refractivity contribution in [1.29, 1.82) is 0 Å². The first-order chi connectivity index (χ1) is 10.2. The van der Waals surface area contributed by atoms with Crippen LogP contribution in [0.15, 0.2) is 18.2 Å². The summed E-state index contributed by atoms with van der Waals surface area (Å²) in [6, 6.07) is 2.41. The minimum atomic E-state index is -6.59. The average Bonchev–Trinajstić information content (AvgIpc) is 2.32. The number of nitrogen functional groups attached to an aromatic ring is 1. The number of benzene rings is 1. The molecule has 1 aromatic carbocycles. The fourth-order valence-electron chi connectivity index (χ4n) is 1.38. The van der Waals surface area contributed by atoms with E-state index in [-0.39, 0.29) is 0 Å². The van der Waals surface area contributed by atoms with Crippen LogP contribution in [0.4, 0.5) is 32.0 Å². The molecule has 6 nitrogen and oxygen atoms in total. The Morgan fingerprint density at radius 2 is 1.74 bits per heavy atom. The van der Waals surface area contributed by atoms with Crippen molar-refractivity contribution >= 4 is 21.8 Å². The van der Waals surface area contributed by atoms with Crippen molar-refractivity contribution in [2.45, 2.75) is 17.5 Å². The molecule has 1 rings (SSSR count). The van der Waals surface area contributed by atoms with Gasteiger partial charge in [-0.3, -0.25) is 4.55 Å². The number of hydrogen-bond donors (Lipinski definition) is 2. The number of anilines is 1. The number of rotatable bonds is 4. The van der Waals surface area contributed by atoms with Crippen molar-refractivity contribution < 1.29 is 48.8 Å².